The van der Waals surface area contributed by atoms with Crippen molar-refractivity contribution < 1.29 is 4.92 Å². The lowest BCUT2D eigenvalue weighted by Gasteiger charge is -1.99. The van der Waals surface area contributed by atoms with Crippen LogP contribution in [0.15, 0.2) is 54.9 Å². The molecule has 0 atom stereocenters. The Hall–Kier alpha value is -2.69. The van der Waals surface area contributed by atoms with E-state index in [0.29, 0.717) is 0 Å². The number of nitro benzene ring substituents is 1. The van der Waals surface area contributed by atoms with E-state index >= 15 is 0 Å². The molecule has 1 aromatic carbocycles. The summed E-state index contributed by atoms with van der Waals surface area (Å²) in [6, 6.07) is 12.3. The van der Waals surface area contributed by atoms with Gasteiger partial charge in [-0.05, 0) is 29.8 Å². The number of benzene rings is 1. The third-order valence-corrected chi connectivity index (χ3v) is 2.82. The van der Waals surface area contributed by atoms with Crippen molar-refractivity contribution >= 4 is 11.2 Å². The first-order valence-electron chi connectivity index (χ1n) is 5.43. The van der Waals surface area contributed by atoms with Crippen LogP contribution in [0.5, 0.6) is 0 Å². The second-order valence-electron chi connectivity index (χ2n) is 3.89. The number of aromatic nitrogens is 2. The Bertz CT molecular complexity index is 716. The lowest BCUT2D eigenvalue weighted by molar-refractivity contribution is -0.384. The molecule has 3 aromatic rings. The molecule has 0 fully saturated rings. The van der Waals surface area contributed by atoms with Crippen LogP contribution >= 0.6 is 0 Å². The molecular weight excluding hydrogens is 230 g/mol. The Labute approximate surface area is 102 Å². The van der Waals surface area contributed by atoms with Gasteiger partial charge in [0, 0.05) is 23.9 Å². The van der Waals surface area contributed by atoms with Crippen molar-refractivity contribution in [1.29, 1.82) is 0 Å². The van der Waals surface area contributed by atoms with E-state index in [9.17, 15) is 10.1 Å². The molecule has 0 aliphatic carbocycles. The number of nitro groups is 1. The van der Waals surface area contributed by atoms with Gasteiger partial charge in [0.2, 0.25) is 0 Å². The Morgan fingerprint density at radius 1 is 1.11 bits per heavy atom. The van der Waals surface area contributed by atoms with Gasteiger partial charge in [0.05, 0.1) is 16.6 Å². The number of pyridine rings is 1. The van der Waals surface area contributed by atoms with E-state index in [1.165, 1.54) is 12.1 Å². The fourth-order valence-corrected chi connectivity index (χ4v) is 1.92. The van der Waals surface area contributed by atoms with Gasteiger partial charge < -0.3 is 0 Å². The van der Waals surface area contributed by atoms with Gasteiger partial charge in [-0.1, -0.05) is 6.07 Å². The minimum Gasteiger partial charge on any atom is -0.258 e. The molecule has 0 N–H and O–H groups in total. The maximum Gasteiger partial charge on any atom is 0.269 e. The molecule has 3 rings (SSSR count). The molecule has 5 heteroatoms. The topological polar surface area (TPSA) is 60.4 Å². The van der Waals surface area contributed by atoms with Crippen LogP contribution in [0.25, 0.3) is 16.6 Å². The summed E-state index contributed by atoms with van der Waals surface area (Å²) in [5.74, 6) is 0. The maximum absolute atomic E-state index is 10.6. The van der Waals surface area contributed by atoms with E-state index in [0.717, 1.165) is 16.6 Å². The number of non-ortho nitro benzene ring substituents is 1. The summed E-state index contributed by atoms with van der Waals surface area (Å²) in [5.41, 5.74) is 2.95. The molecule has 0 aliphatic rings. The minimum absolute atomic E-state index is 0.0928. The summed E-state index contributed by atoms with van der Waals surface area (Å²) in [5, 5.41) is 14.8. The average molecular weight is 239 g/mol. The van der Waals surface area contributed by atoms with Gasteiger partial charge in [0.15, 0.2) is 0 Å². The molecule has 0 radical (unpaired) electrons. The van der Waals surface area contributed by atoms with Gasteiger partial charge in [0.25, 0.3) is 5.69 Å². The van der Waals surface area contributed by atoms with Crippen molar-refractivity contribution in [2.75, 3.05) is 0 Å². The Morgan fingerprint density at radius 2 is 1.89 bits per heavy atom. The molecule has 0 saturated carbocycles. The number of nitrogens with zero attached hydrogens (tertiary/aromatic N) is 3. The van der Waals surface area contributed by atoms with Crippen LogP contribution in [0.2, 0.25) is 0 Å². The molecule has 0 unspecified atom stereocenters. The lowest BCUT2D eigenvalue weighted by Crippen LogP contribution is -1.87. The molecule has 0 aliphatic heterocycles. The van der Waals surface area contributed by atoms with Gasteiger partial charge in [-0.3, -0.25) is 10.1 Å². The number of rotatable bonds is 2. The molecule has 18 heavy (non-hydrogen) atoms. The summed E-state index contributed by atoms with van der Waals surface area (Å²) in [7, 11) is 0. The first kappa shape index (κ1) is 10.5. The Morgan fingerprint density at radius 3 is 2.61 bits per heavy atom. The molecule has 88 valence electrons. The van der Waals surface area contributed by atoms with Crippen molar-refractivity contribution in [3.63, 3.8) is 0 Å². The van der Waals surface area contributed by atoms with Gasteiger partial charge in [-0.25, -0.2) is 4.52 Å². The van der Waals surface area contributed by atoms with Gasteiger partial charge >= 0.3 is 0 Å². The first-order chi connectivity index (χ1) is 8.75. The van der Waals surface area contributed by atoms with E-state index in [2.05, 4.69) is 5.10 Å². The van der Waals surface area contributed by atoms with Crippen molar-refractivity contribution in [3.05, 3.63) is 65.0 Å². The van der Waals surface area contributed by atoms with Crippen LogP contribution in [0, 0.1) is 10.1 Å². The monoisotopic (exact) mass is 239 g/mol. The van der Waals surface area contributed by atoms with E-state index in [4.69, 9.17) is 0 Å². The van der Waals surface area contributed by atoms with Crippen LogP contribution in [0.3, 0.4) is 0 Å². The molecule has 2 heterocycles. The maximum atomic E-state index is 10.6. The third kappa shape index (κ3) is 1.62. The summed E-state index contributed by atoms with van der Waals surface area (Å²) in [4.78, 5) is 10.2. The highest BCUT2D eigenvalue weighted by atomic mass is 16.6. The van der Waals surface area contributed by atoms with Crippen LogP contribution in [-0.2, 0) is 0 Å². The zero-order valence-electron chi connectivity index (χ0n) is 9.35. The number of hydrogen-bond acceptors (Lipinski definition) is 3. The predicted molar refractivity (Wildman–Crippen MR) is 67.3 cm³/mol. The SMILES string of the molecule is O=[N+]([O-])c1ccc(-c2cnn3ccccc23)cc1. The first-order valence-corrected chi connectivity index (χ1v) is 5.43. The highest BCUT2D eigenvalue weighted by Gasteiger charge is 2.08. The van der Waals surface area contributed by atoms with E-state index in [-0.39, 0.29) is 5.69 Å². The molecule has 0 amide bonds. The fraction of sp³-hybridized carbons (Fsp3) is 0. The lowest BCUT2D eigenvalue weighted by atomic mass is 10.1. The van der Waals surface area contributed by atoms with Crippen molar-refractivity contribution in [2.45, 2.75) is 0 Å². The Balaban J connectivity index is 2.12. The molecule has 5 nitrogen and oxygen atoms in total. The standard InChI is InChI=1S/C13H9N3O2/c17-16(18)11-6-4-10(5-7-11)12-9-14-15-8-2-1-3-13(12)15/h1-9H. The second kappa shape index (κ2) is 3.96. The molecule has 0 spiro atoms. The normalized spacial score (nSPS) is 10.7. The van der Waals surface area contributed by atoms with Crippen LogP contribution in [0.4, 0.5) is 5.69 Å². The molecule has 2 aromatic heterocycles. The van der Waals surface area contributed by atoms with Crippen molar-refractivity contribution in [1.82, 2.24) is 9.61 Å². The third-order valence-electron chi connectivity index (χ3n) is 2.82. The largest absolute Gasteiger partial charge is 0.269 e. The second-order valence-corrected chi connectivity index (χ2v) is 3.89. The van der Waals surface area contributed by atoms with E-state index in [1.54, 1.807) is 22.8 Å². The summed E-state index contributed by atoms with van der Waals surface area (Å²) in [6.45, 7) is 0. The van der Waals surface area contributed by atoms with Gasteiger partial charge in [-0.15, -0.1) is 0 Å². The predicted octanol–water partition coefficient (Wildman–Crippen LogP) is 2.91. The molecule has 0 bridgehead atoms. The zero-order valence-corrected chi connectivity index (χ0v) is 9.35. The van der Waals surface area contributed by atoms with Gasteiger partial charge in [0.1, 0.15) is 0 Å². The summed E-state index contributed by atoms with van der Waals surface area (Å²) >= 11 is 0. The number of hydrogen-bond donors (Lipinski definition) is 0. The average Bonchev–Trinajstić information content (AvgIpc) is 2.82. The zero-order chi connectivity index (χ0) is 12.5. The summed E-state index contributed by atoms with van der Waals surface area (Å²) < 4.78 is 1.77. The van der Waals surface area contributed by atoms with E-state index in [1.807, 2.05) is 24.4 Å². The van der Waals surface area contributed by atoms with Crippen molar-refractivity contribution in [2.24, 2.45) is 0 Å². The molecule has 0 saturated heterocycles. The van der Waals surface area contributed by atoms with Crippen LogP contribution in [0.1, 0.15) is 0 Å². The highest BCUT2D eigenvalue weighted by Crippen LogP contribution is 2.25. The number of fused-ring (bicyclic) bond motifs is 1. The quantitative estimate of drug-likeness (QED) is 0.510. The molecular formula is C13H9N3O2. The van der Waals surface area contributed by atoms with Crippen LogP contribution in [-0.4, -0.2) is 14.5 Å². The smallest absolute Gasteiger partial charge is 0.258 e. The summed E-state index contributed by atoms with van der Waals surface area (Å²) in [6.07, 6.45) is 3.63. The van der Waals surface area contributed by atoms with Crippen molar-refractivity contribution in [3.8, 4) is 11.1 Å². The minimum atomic E-state index is -0.403. The van der Waals surface area contributed by atoms with Gasteiger partial charge in [-0.2, -0.15) is 5.10 Å². The van der Waals surface area contributed by atoms with E-state index < -0.39 is 4.92 Å². The van der Waals surface area contributed by atoms with Crippen LogP contribution < -0.4 is 0 Å². The fourth-order valence-electron chi connectivity index (χ4n) is 1.92. The Kier molecular flexibility index (Phi) is 2.30. The highest BCUT2D eigenvalue weighted by molar-refractivity contribution is 5.80.